The summed E-state index contributed by atoms with van der Waals surface area (Å²) in [5.41, 5.74) is 3.65. The van der Waals surface area contributed by atoms with Gasteiger partial charge in [0.25, 0.3) is 0 Å². The second kappa shape index (κ2) is 10.0. The monoisotopic (exact) mass is 295 g/mol. The fourth-order valence-corrected chi connectivity index (χ4v) is 1.29. The summed E-state index contributed by atoms with van der Waals surface area (Å²) < 4.78 is 4.95. The van der Waals surface area contributed by atoms with Gasteiger partial charge in [-0.25, -0.2) is 0 Å². The van der Waals surface area contributed by atoms with Crippen molar-refractivity contribution < 1.29 is 37.4 Å². The van der Waals surface area contributed by atoms with E-state index in [9.17, 15) is 0 Å². The Balaban J connectivity index is 0. The number of ether oxygens (including phenoxy) is 1. The first-order chi connectivity index (χ1) is 6.77. The van der Waals surface area contributed by atoms with Gasteiger partial charge in [0, 0.05) is 52.6 Å². The summed E-state index contributed by atoms with van der Waals surface area (Å²) in [5.74, 6) is 0. The first-order valence-electron chi connectivity index (χ1n) is 4.72. The van der Waals surface area contributed by atoms with Crippen LogP contribution in [0.5, 0.6) is 0 Å². The molecule has 16 heavy (non-hydrogen) atoms. The van der Waals surface area contributed by atoms with Gasteiger partial charge >= 0.3 is 0 Å². The van der Waals surface area contributed by atoms with Gasteiger partial charge in [0.15, 0.2) is 0 Å². The Bertz CT molecular complexity index is 324. The molecule has 1 aromatic rings. The quantitative estimate of drug-likeness (QED) is 0.862. The molecule has 1 radical (unpaired) electrons. The van der Waals surface area contributed by atoms with Crippen LogP contribution in [0.3, 0.4) is 0 Å². The fourth-order valence-electron chi connectivity index (χ4n) is 1.29. The normalized spacial score (nSPS) is 9.44. The van der Waals surface area contributed by atoms with Gasteiger partial charge in [-0.05, 0) is 30.2 Å². The second-order valence-corrected chi connectivity index (χ2v) is 3.18. The van der Waals surface area contributed by atoms with E-state index >= 15 is 0 Å². The summed E-state index contributed by atoms with van der Waals surface area (Å²) in [4.78, 5) is 0. The van der Waals surface area contributed by atoms with Crippen molar-refractivity contribution in [3.63, 3.8) is 0 Å². The molecule has 0 spiro atoms. The summed E-state index contributed by atoms with van der Waals surface area (Å²) in [5, 5.41) is 3.11. The Morgan fingerprint density at radius 1 is 1.38 bits per heavy atom. The molecule has 0 fully saturated rings. The van der Waals surface area contributed by atoms with Crippen molar-refractivity contribution in [1.29, 1.82) is 0 Å². The summed E-state index contributed by atoms with van der Waals surface area (Å²) >= 11 is 0. The van der Waals surface area contributed by atoms with Crippen molar-refractivity contribution >= 4 is 11.8 Å². The largest absolute Gasteiger partial charge is 0.388 e. The Labute approximate surface area is 124 Å². The number of hydrogen-bond donors (Lipinski definition) is 1. The van der Waals surface area contributed by atoms with Crippen molar-refractivity contribution in [3.05, 3.63) is 42.8 Å². The summed E-state index contributed by atoms with van der Waals surface area (Å²) in [7, 11) is 3.62. The molecule has 0 atom stereocenters. The van der Waals surface area contributed by atoms with Crippen LogP contribution in [-0.4, -0.2) is 20.8 Å². The molecule has 0 saturated heterocycles. The van der Waals surface area contributed by atoms with Crippen LogP contribution in [0, 0.1) is 14.4 Å². The van der Waals surface area contributed by atoms with E-state index in [1.807, 2.05) is 13.1 Å². The molecule has 0 bridgehead atoms. The fraction of sp³-hybridized carbons (Fsp3) is 0.308. The molecular weight excluding hydrogens is 275 g/mol. The third-order valence-corrected chi connectivity index (χ3v) is 2.12. The molecule has 0 aliphatic carbocycles. The Kier molecular flexibility index (Phi) is 11.4. The molecule has 0 saturated carbocycles. The van der Waals surface area contributed by atoms with E-state index in [4.69, 9.17) is 4.74 Å². The predicted octanol–water partition coefficient (Wildman–Crippen LogP) is 3.14. The zero-order valence-electron chi connectivity index (χ0n) is 10.6. The zero-order valence-corrected chi connectivity index (χ0v) is 13.4. The van der Waals surface area contributed by atoms with Gasteiger partial charge in [0.1, 0.15) is 0 Å². The van der Waals surface area contributed by atoms with Crippen molar-refractivity contribution in [3.8, 4) is 0 Å². The first-order valence-corrected chi connectivity index (χ1v) is 4.72. The molecule has 0 aromatic heterocycles. The number of methoxy groups -OCH3 is 1. The molecule has 87 valence electrons. The molecule has 0 amide bonds. The van der Waals surface area contributed by atoms with Crippen LogP contribution < -0.4 is 5.32 Å². The molecule has 2 nitrogen and oxygen atoms in total. The Hall–Kier alpha value is -0.176. The van der Waals surface area contributed by atoms with Crippen LogP contribution in [0.4, 0.5) is 5.69 Å². The van der Waals surface area contributed by atoms with Gasteiger partial charge in [0.05, 0.1) is 6.61 Å². The van der Waals surface area contributed by atoms with E-state index in [0.29, 0.717) is 6.61 Å². The van der Waals surface area contributed by atoms with Crippen LogP contribution in [0.25, 0.3) is 6.08 Å². The van der Waals surface area contributed by atoms with Crippen LogP contribution in [-0.2, 0) is 37.4 Å². The van der Waals surface area contributed by atoms with Crippen molar-refractivity contribution in [1.82, 2.24) is 0 Å². The smallest absolute Gasteiger partial charge is 0.0646 e. The van der Waals surface area contributed by atoms with E-state index in [0.717, 1.165) is 5.69 Å². The maximum absolute atomic E-state index is 4.95. The van der Waals surface area contributed by atoms with E-state index in [1.54, 1.807) is 7.11 Å². The van der Waals surface area contributed by atoms with Crippen LogP contribution in [0.1, 0.15) is 11.1 Å². The summed E-state index contributed by atoms with van der Waals surface area (Å²) in [6, 6.07) is 6.30. The molecule has 0 heterocycles. The minimum Gasteiger partial charge on any atom is -0.388 e. The summed E-state index contributed by atoms with van der Waals surface area (Å²) in [6.07, 6.45) is 4.10. The van der Waals surface area contributed by atoms with Crippen molar-refractivity contribution in [2.45, 2.75) is 6.92 Å². The van der Waals surface area contributed by atoms with E-state index in [1.165, 1.54) is 11.1 Å². The predicted molar refractivity (Wildman–Crippen MR) is 68.0 cm³/mol. The summed E-state index contributed by atoms with van der Waals surface area (Å²) in [6.45, 7) is 2.76. The minimum atomic E-state index is 0. The molecule has 1 aromatic carbocycles. The molecular formula is C13H20NOY-. The third kappa shape index (κ3) is 5.78. The third-order valence-electron chi connectivity index (χ3n) is 2.12. The van der Waals surface area contributed by atoms with Gasteiger partial charge in [-0.3, -0.25) is 0 Å². The average molecular weight is 295 g/mol. The van der Waals surface area contributed by atoms with Gasteiger partial charge in [-0.2, -0.15) is 0 Å². The number of benzene rings is 1. The van der Waals surface area contributed by atoms with Gasteiger partial charge in [0.2, 0.25) is 0 Å². The van der Waals surface area contributed by atoms with Crippen molar-refractivity contribution in [2.75, 3.05) is 26.1 Å². The number of hydrogen-bond acceptors (Lipinski definition) is 2. The number of aryl methyl sites for hydroxylation is 1. The van der Waals surface area contributed by atoms with E-state index in [2.05, 4.69) is 36.5 Å². The van der Waals surface area contributed by atoms with E-state index in [-0.39, 0.29) is 40.1 Å². The first kappa shape index (κ1) is 18.2. The van der Waals surface area contributed by atoms with Crippen LogP contribution >= 0.6 is 0 Å². The van der Waals surface area contributed by atoms with Gasteiger partial charge in [-0.15, -0.1) is 0 Å². The Morgan fingerprint density at radius 2 is 2.06 bits per heavy atom. The number of nitrogens with one attached hydrogen (secondary N) is 1. The SMILES string of the molecule is CNc1ccc(/C=C/COC)c(C)c1.[CH3-].[Y]. The molecule has 1 N–H and O–H groups in total. The molecule has 0 unspecified atom stereocenters. The second-order valence-electron chi connectivity index (χ2n) is 3.18. The Morgan fingerprint density at radius 3 is 2.56 bits per heavy atom. The van der Waals surface area contributed by atoms with Gasteiger partial charge < -0.3 is 17.5 Å². The standard InChI is InChI=1S/C12H17NO.CH3.Y/c1-10-9-12(13-2)7-6-11(10)5-4-8-14-3;;/h4-7,9,13H,8H2,1-3H3;1H3;/q;-1;/b5-4+;;. The van der Waals surface area contributed by atoms with Crippen molar-refractivity contribution in [2.24, 2.45) is 0 Å². The minimum absolute atomic E-state index is 0. The molecule has 0 aliphatic rings. The molecule has 1 rings (SSSR count). The topological polar surface area (TPSA) is 21.3 Å². The maximum atomic E-state index is 4.95. The van der Waals surface area contributed by atoms with E-state index < -0.39 is 0 Å². The van der Waals surface area contributed by atoms with Crippen LogP contribution in [0.15, 0.2) is 24.3 Å². The van der Waals surface area contributed by atoms with Crippen LogP contribution in [0.2, 0.25) is 0 Å². The average Bonchev–Trinajstić information content (AvgIpc) is 2.20. The molecule has 3 heteroatoms. The number of anilines is 1. The molecule has 0 aliphatic heterocycles. The van der Waals surface area contributed by atoms with Gasteiger partial charge in [-0.1, -0.05) is 18.2 Å². The number of rotatable bonds is 4. The zero-order chi connectivity index (χ0) is 10.4. The maximum Gasteiger partial charge on any atom is 0.0646 e.